The molecule has 0 spiro atoms. The third-order valence-corrected chi connectivity index (χ3v) is 9.85. The maximum absolute atomic E-state index is 13.0. The van der Waals surface area contributed by atoms with E-state index in [9.17, 15) is 13.2 Å². The predicted octanol–water partition coefficient (Wildman–Crippen LogP) is 4.86. The molecule has 35 heavy (non-hydrogen) atoms. The lowest BCUT2D eigenvalue weighted by atomic mass is 9.71. The van der Waals surface area contributed by atoms with Crippen molar-refractivity contribution < 1.29 is 17.3 Å². The van der Waals surface area contributed by atoms with E-state index in [1.807, 2.05) is 19.1 Å². The highest BCUT2D eigenvalue weighted by Gasteiger charge is 2.34. The van der Waals surface area contributed by atoms with Crippen LogP contribution in [0.4, 0.5) is 0 Å². The van der Waals surface area contributed by atoms with Crippen LogP contribution in [0.2, 0.25) is 25.7 Å². The Balaban J connectivity index is 1.41. The van der Waals surface area contributed by atoms with Gasteiger partial charge in [0.1, 0.15) is 6.73 Å². The minimum absolute atomic E-state index is 0.0798. The summed E-state index contributed by atoms with van der Waals surface area (Å²) in [7, 11) is -3.14. The van der Waals surface area contributed by atoms with Crippen LogP contribution in [-0.2, 0) is 32.8 Å². The number of aryl methyl sites for hydroxylation is 2. The van der Waals surface area contributed by atoms with E-state index >= 15 is 0 Å². The zero-order valence-corrected chi connectivity index (χ0v) is 23.1. The number of rotatable bonds is 10. The van der Waals surface area contributed by atoms with Crippen molar-refractivity contribution in [2.45, 2.75) is 63.0 Å². The topological polar surface area (TPSA) is 79.5 Å². The average Bonchev–Trinajstić information content (AvgIpc) is 3.00. The first-order valence-corrected chi connectivity index (χ1v) is 17.3. The summed E-state index contributed by atoms with van der Waals surface area (Å²) in [5.74, 6) is 0.433. The number of fused-ring (bicyclic) bond motifs is 1. The molecule has 9 heteroatoms. The maximum Gasteiger partial charge on any atom is 0.330 e. The van der Waals surface area contributed by atoms with Crippen LogP contribution in [0.1, 0.15) is 29.9 Å². The molecular formula is C26H36N2O5SSi. The van der Waals surface area contributed by atoms with E-state index in [0.717, 1.165) is 41.0 Å². The van der Waals surface area contributed by atoms with Crippen LogP contribution in [0.5, 0.6) is 0 Å². The summed E-state index contributed by atoms with van der Waals surface area (Å²) in [5.41, 5.74) is 3.86. The van der Waals surface area contributed by atoms with Gasteiger partial charge in [0.2, 0.25) is 0 Å². The summed E-state index contributed by atoms with van der Waals surface area (Å²) in [6.45, 7) is 9.92. The molecule has 1 saturated carbocycles. The highest BCUT2D eigenvalue weighted by molar-refractivity contribution is 7.86. The highest BCUT2D eigenvalue weighted by atomic mass is 32.2. The first-order chi connectivity index (χ1) is 16.5. The number of imidazole rings is 1. The van der Waals surface area contributed by atoms with Crippen molar-refractivity contribution in [1.82, 2.24) is 9.13 Å². The summed E-state index contributed by atoms with van der Waals surface area (Å²) in [6.07, 6.45) is 1.66. The molecule has 2 aromatic carbocycles. The van der Waals surface area contributed by atoms with Gasteiger partial charge in [-0.2, -0.15) is 8.42 Å². The summed E-state index contributed by atoms with van der Waals surface area (Å²) in [4.78, 5) is 13.1. The molecule has 0 unspecified atom stereocenters. The van der Waals surface area contributed by atoms with Gasteiger partial charge in [0, 0.05) is 21.7 Å². The van der Waals surface area contributed by atoms with Gasteiger partial charge in [-0.25, -0.2) is 4.79 Å². The Kier molecular flexibility index (Phi) is 7.43. The quantitative estimate of drug-likeness (QED) is 0.218. The van der Waals surface area contributed by atoms with E-state index < -0.39 is 18.2 Å². The number of benzene rings is 2. The Morgan fingerprint density at radius 1 is 1.06 bits per heavy atom. The van der Waals surface area contributed by atoms with Gasteiger partial charge >= 0.3 is 5.69 Å². The number of hydrogen-bond donors (Lipinski definition) is 0. The summed E-state index contributed by atoms with van der Waals surface area (Å²) >= 11 is 0. The zero-order chi connectivity index (χ0) is 25.4. The molecule has 0 radical (unpaired) electrons. The van der Waals surface area contributed by atoms with E-state index in [1.54, 1.807) is 40.4 Å². The molecule has 0 bridgehead atoms. The SMILES string of the molecule is Cc1ccc(S(=O)(=O)OCC2CC(c3cccc4c3n(C)c(=O)n4COCC[Si](C)(C)C)C2)cc1. The number of hydrogen-bond acceptors (Lipinski definition) is 5. The standard InChI is InChI=1S/C26H36N2O5SSi/c1-19-9-11-22(12-10-19)34(30,31)33-17-20-15-21(16-20)23-7-6-8-24-25(23)27(2)26(29)28(24)18-32-13-14-35(3,4)5/h6-12,20-21H,13-18H2,1-5H3. The number of nitrogens with zero attached hydrogens (tertiary/aromatic N) is 2. The first kappa shape index (κ1) is 25.9. The molecule has 4 rings (SSSR count). The summed E-state index contributed by atoms with van der Waals surface area (Å²) < 4.78 is 39.6. The highest BCUT2D eigenvalue weighted by Crippen LogP contribution is 2.44. The molecule has 1 aliphatic carbocycles. The predicted molar refractivity (Wildman–Crippen MR) is 141 cm³/mol. The molecule has 0 atom stereocenters. The molecule has 1 aliphatic rings. The van der Waals surface area contributed by atoms with E-state index in [-0.39, 0.29) is 35.8 Å². The fraction of sp³-hybridized carbons (Fsp3) is 0.500. The molecule has 0 saturated heterocycles. The number of para-hydroxylation sites is 1. The van der Waals surface area contributed by atoms with Crippen LogP contribution < -0.4 is 5.69 Å². The Bertz CT molecular complexity index is 1350. The van der Waals surface area contributed by atoms with E-state index in [1.165, 1.54) is 0 Å². The zero-order valence-electron chi connectivity index (χ0n) is 21.3. The van der Waals surface area contributed by atoms with Crippen molar-refractivity contribution in [2.75, 3.05) is 13.2 Å². The van der Waals surface area contributed by atoms with Gasteiger partial charge in [0.15, 0.2) is 0 Å². The number of aromatic nitrogens is 2. The Morgan fingerprint density at radius 2 is 1.74 bits per heavy atom. The van der Waals surface area contributed by atoms with E-state index in [4.69, 9.17) is 8.92 Å². The molecule has 7 nitrogen and oxygen atoms in total. The summed E-state index contributed by atoms with van der Waals surface area (Å²) in [5, 5.41) is 0. The molecule has 0 N–H and O–H groups in total. The molecule has 190 valence electrons. The molecule has 1 heterocycles. The van der Waals surface area contributed by atoms with Crippen LogP contribution in [0, 0.1) is 12.8 Å². The monoisotopic (exact) mass is 516 g/mol. The van der Waals surface area contributed by atoms with Gasteiger partial charge in [-0.3, -0.25) is 13.3 Å². The molecule has 1 aromatic heterocycles. The lowest BCUT2D eigenvalue weighted by Gasteiger charge is -2.35. The Morgan fingerprint density at radius 3 is 2.40 bits per heavy atom. The third-order valence-electron chi connectivity index (χ3n) is 6.85. The largest absolute Gasteiger partial charge is 0.361 e. The van der Waals surface area contributed by atoms with Crippen molar-refractivity contribution in [1.29, 1.82) is 0 Å². The molecule has 3 aromatic rings. The lowest BCUT2D eigenvalue weighted by Crippen LogP contribution is -2.28. The van der Waals surface area contributed by atoms with Crippen LogP contribution in [0.3, 0.4) is 0 Å². The minimum atomic E-state index is -3.75. The van der Waals surface area contributed by atoms with Crippen LogP contribution in [0.15, 0.2) is 52.2 Å². The second kappa shape index (κ2) is 10.0. The summed E-state index contributed by atoms with van der Waals surface area (Å²) in [6, 6.07) is 13.8. The average molecular weight is 517 g/mol. The van der Waals surface area contributed by atoms with Crippen molar-refractivity contribution in [2.24, 2.45) is 13.0 Å². The maximum atomic E-state index is 13.0. The van der Waals surface area contributed by atoms with Crippen LogP contribution in [-0.4, -0.2) is 38.8 Å². The second-order valence-electron chi connectivity index (χ2n) is 10.9. The van der Waals surface area contributed by atoms with Gasteiger partial charge in [0.25, 0.3) is 10.1 Å². The number of ether oxygens (including phenoxy) is 1. The Labute approximate surface area is 208 Å². The van der Waals surface area contributed by atoms with Crippen LogP contribution >= 0.6 is 0 Å². The lowest BCUT2D eigenvalue weighted by molar-refractivity contribution is 0.0873. The van der Waals surface area contributed by atoms with Crippen molar-refractivity contribution in [3.8, 4) is 0 Å². The first-order valence-electron chi connectivity index (χ1n) is 12.2. The van der Waals surface area contributed by atoms with E-state index in [0.29, 0.717) is 6.61 Å². The molecular weight excluding hydrogens is 480 g/mol. The molecule has 1 fully saturated rings. The van der Waals surface area contributed by atoms with Gasteiger partial charge in [-0.1, -0.05) is 49.5 Å². The third kappa shape index (κ3) is 5.80. The van der Waals surface area contributed by atoms with Crippen LogP contribution in [0.25, 0.3) is 11.0 Å². The fourth-order valence-corrected chi connectivity index (χ4v) is 6.32. The smallest absolute Gasteiger partial charge is 0.330 e. The minimum Gasteiger partial charge on any atom is -0.361 e. The second-order valence-corrected chi connectivity index (χ2v) is 18.2. The molecule has 0 aliphatic heterocycles. The van der Waals surface area contributed by atoms with Crippen molar-refractivity contribution in [3.05, 3.63) is 64.1 Å². The van der Waals surface area contributed by atoms with Gasteiger partial charge in [0.05, 0.1) is 22.5 Å². The van der Waals surface area contributed by atoms with Crippen molar-refractivity contribution in [3.63, 3.8) is 0 Å². The van der Waals surface area contributed by atoms with E-state index in [2.05, 4.69) is 25.7 Å². The normalized spacial score (nSPS) is 18.7. The van der Waals surface area contributed by atoms with Gasteiger partial charge < -0.3 is 4.74 Å². The van der Waals surface area contributed by atoms with Crippen molar-refractivity contribution >= 4 is 29.2 Å². The molecule has 0 amide bonds. The van der Waals surface area contributed by atoms with Gasteiger partial charge in [-0.05, 0) is 61.4 Å². The Hall–Kier alpha value is -2.20. The van der Waals surface area contributed by atoms with Gasteiger partial charge in [-0.15, -0.1) is 0 Å². The fourth-order valence-electron chi connectivity index (χ4n) is 4.58.